The zero-order valence-electron chi connectivity index (χ0n) is 10.9. The number of rotatable bonds is 3. The fraction of sp³-hybridized carbons (Fsp3) is 0.133. The van der Waals surface area contributed by atoms with Crippen molar-refractivity contribution in [1.29, 1.82) is 0 Å². The van der Waals surface area contributed by atoms with Gasteiger partial charge in [0.05, 0.1) is 5.69 Å². The first-order chi connectivity index (χ1) is 9.54. The highest BCUT2D eigenvalue weighted by atomic mass is 79.9. The maximum absolute atomic E-state index is 13.6. The molecule has 0 aliphatic rings. The van der Waals surface area contributed by atoms with Crippen LogP contribution >= 0.6 is 28.1 Å². The number of thiocarbonyl (C=S) groups is 1. The Morgan fingerprint density at radius 1 is 1.20 bits per heavy atom. The molecule has 5 heteroatoms. The standard InChI is InChI=1S/C15H14BrFN2S/c1-10-2-4-11(5-3-10)9-18-15(20)19-14-7-6-12(16)8-13(14)17/h2-8H,9H2,1H3,(H2,18,19,20). The Morgan fingerprint density at radius 2 is 1.90 bits per heavy atom. The molecular weight excluding hydrogens is 339 g/mol. The Bertz CT molecular complexity index is 614. The van der Waals surface area contributed by atoms with Gasteiger partial charge in [-0.15, -0.1) is 0 Å². The Labute approximate surface area is 131 Å². The van der Waals surface area contributed by atoms with E-state index in [1.807, 2.05) is 31.2 Å². The summed E-state index contributed by atoms with van der Waals surface area (Å²) in [4.78, 5) is 0. The Balaban J connectivity index is 1.90. The molecule has 0 atom stereocenters. The molecule has 0 saturated carbocycles. The number of halogens is 2. The van der Waals surface area contributed by atoms with Gasteiger partial charge in [0.1, 0.15) is 5.82 Å². The number of aryl methyl sites for hydroxylation is 1. The van der Waals surface area contributed by atoms with Crippen molar-refractivity contribution < 1.29 is 4.39 Å². The summed E-state index contributed by atoms with van der Waals surface area (Å²) in [6.07, 6.45) is 0. The predicted octanol–water partition coefficient (Wildman–Crippen LogP) is 4.38. The summed E-state index contributed by atoms with van der Waals surface area (Å²) in [6.45, 7) is 2.64. The van der Waals surface area contributed by atoms with Crippen LogP contribution in [0, 0.1) is 12.7 Å². The van der Waals surface area contributed by atoms with Gasteiger partial charge in [-0.2, -0.15) is 0 Å². The van der Waals surface area contributed by atoms with Crippen LogP contribution in [0.5, 0.6) is 0 Å². The van der Waals surface area contributed by atoms with Gasteiger partial charge in [-0.1, -0.05) is 45.8 Å². The van der Waals surface area contributed by atoms with E-state index < -0.39 is 0 Å². The van der Waals surface area contributed by atoms with Gasteiger partial charge in [0.15, 0.2) is 5.11 Å². The molecule has 0 spiro atoms. The Morgan fingerprint density at radius 3 is 2.55 bits per heavy atom. The van der Waals surface area contributed by atoms with Crippen LogP contribution in [-0.2, 0) is 6.54 Å². The molecule has 2 nitrogen and oxygen atoms in total. The van der Waals surface area contributed by atoms with Crippen LogP contribution in [-0.4, -0.2) is 5.11 Å². The lowest BCUT2D eigenvalue weighted by molar-refractivity contribution is 0.631. The van der Waals surface area contributed by atoms with E-state index in [9.17, 15) is 4.39 Å². The van der Waals surface area contributed by atoms with Crippen LogP contribution in [0.2, 0.25) is 0 Å². The molecule has 2 rings (SSSR count). The van der Waals surface area contributed by atoms with E-state index in [0.29, 0.717) is 21.8 Å². The van der Waals surface area contributed by atoms with E-state index in [1.165, 1.54) is 11.6 Å². The van der Waals surface area contributed by atoms with Crippen LogP contribution in [0.15, 0.2) is 46.9 Å². The van der Waals surface area contributed by atoms with Gasteiger partial charge in [-0.3, -0.25) is 0 Å². The quantitative estimate of drug-likeness (QED) is 0.801. The fourth-order valence-electron chi connectivity index (χ4n) is 1.65. The van der Waals surface area contributed by atoms with E-state index in [0.717, 1.165) is 5.56 Å². The molecule has 0 amide bonds. The van der Waals surface area contributed by atoms with Crippen molar-refractivity contribution in [3.63, 3.8) is 0 Å². The van der Waals surface area contributed by atoms with Gasteiger partial charge < -0.3 is 10.6 Å². The molecule has 0 aliphatic heterocycles. The van der Waals surface area contributed by atoms with E-state index in [-0.39, 0.29) is 5.82 Å². The van der Waals surface area contributed by atoms with Gasteiger partial charge in [0.2, 0.25) is 0 Å². The summed E-state index contributed by atoms with van der Waals surface area (Å²) in [7, 11) is 0. The molecule has 0 fully saturated rings. The van der Waals surface area contributed by atoms with Crippen LogP contribution < -0.4 is 10.6 Å². The molecule has 0 bridgehead atoms. The highest BCUT2D eigenvalue weighted by Gasteiger charge is 2.04. The Hall–Kier alpha value is -1.46. The van der Waals surface area contributed by atoms with E-state index in [2.05, 4.69) is 26.6 Å². The minimum atomic E-state index is -0.348. The molecule has 0 unspecified atom stereocenters. The lowest BCUT2D eigenvalue weighted by Gasteiger charge is -2.11. The Kier molecular flexibility index (Phi) is 5.09. The summed E-state index contributed by atoms with van der Waals surface area (Å²) in [5, 5.41) is 6.29. The second kappa shape index (κ2) is 6.81. The average molecular weight is 353 g/mol. The molecule has 20 heavy (non-hydrogen) atoms. The van der Waals surface area contributed by atoms with Gasteiger partial charge in [-0.05, 0) is 42.9 Å². The van der Waals surface area contributed by atoms with Crippen LogP contribution in [0.3, 0.4) is 0 Å². The normalized spacial score (nSPS) is 10.2. The molecule has 0 aliphatic carbocycles. The number of anilines is 1. The lowest BCUT2D eigenvalue weighted by Crippen LogP contribution is -2.28. The summed E-state index contributed by atoms with van der Waals surface area (Å²) in [5.74, 6) is -0.348. The zero-order valence-corrected chi connectivity index (χ0v) is 13.3. The molecule has 0 radical (unpaired) electrons. The maximum Gasteiger partial charge on any atom is 0.171 e. The molecule has 2 aromatic carbocycles. The zero-order chi connectivity index (χ0) is 14.5. The van der Waals surface area contributed by atoms with E-state index in [4.69, 9.17) is 12.2 Å². The third-order valence-electron chi connectivity index (χ3n) is 2.75. The monoisotopic (exact) mass is 352 g/mol. The molecule has 2 N–H and O–H groups in total. The van der Waals surface area contributed by atoms with Gasteiger partial charge >= 0.3 is 0 Å². The fourth-order valence-corrected chi connectivity index (χ4v) is 2.16. The van der Waals surface area contributed by atoms with Crippen LogP contribution in [0.4, 0.5) is 10.1 Å². The highest BCUT2D eigenvalue weighted by Crippen LogP contribution is 2.19. The van der Waals surface area contributed by atoms with Gasteiger partial charge in [0.25, 0.3) is 0 Å². The van der Waals surface area contributed by atoms with E-state index in [1.54, 1.807) is 12.1 Å². The van der Waals surface area contributed by atoms with Crippen molar-refractivity contribution >= 4 is 38.9 Å². The van der Waals surface area contributed by atoms with Crippen molar-refractivity contribution in [3.05, 3.63) is 63.9 Å². The minimum Gasteiger partial charge on any atom is -0.358 e. The first kappa shape index (κ1) is 14.9. The number of nitrogens with one attached hydrogen (secondary N) is 2. The summed E-state index contributed by atoms with van der Waals surface area (Å²) in [6, 6.07) is 12.9. The van der Waals surface area contributed by atoms with Crippen LogP contribution in [0.25, 0.3) is 0 Å². The van der Waals surface area contributed by atoms with Crippen molar-refractivity contribution in [2.45, 2.75) is 13.5 Å². The maximum atomic E-state index is 13.6. The second-order valence-corrected chi connectivity index (χ2v) is 5.74. The van der Waals surface area contributed by atoms with Gasteiger partial charge in [-0.25, -0.2) is 4.39 Å². The van der Waals surface area contributed by atoms with Crippen molar-refractivity contribution in [3.8, 4) is 0 Å². The number of benzene rings is 2. The third kappa shape index (κ3) is 4.28. The first-order valence-corrected chi connectivity index (χ1v) is 7.30. The first-order valence-electron chi connectivity index (χ1n) is 6.10. The molecule has 2 aromatic rings. The largest absolute Gasteiger partial charge is 0.358 e. The van der Waals surface area contributed by atoms with Crippen molar-refractivity contribution in [2.75, 3.05) is 5.32 Å². The van der Waals surface area contributed by atoms with Crippen molar-refractivity contribution in [1.82, 2.24) is 5.32 Å². The summed E-state index contributed by atoms with van der Waals surface area (Å²) in [5.41, 5.74) is 2.69. The molecule has 0 heterocycles. The van der Waals surface area contributed by atoms with Gasteiger partial charge in [0, 0.05) is 11.0 Å². The topological polar surface area (TPSA) is 24.1 Å². The summed E-state index contributed by atoms with van der Waals surface area (Å²) >= 11 is 8.37. The van der Waals surface area contributed by atoms with Crippen molar-refractivity contribution in [2.24, 2.45) is 0 Å². The minimum absolute atomic E-state index is 0.348. The second-order valence-electron chi connectivity index (χ2n) is 4.42. The molecule has 0 saturated heterocycles. The highest BCUT2D eigenvalue weighted by molar-refractivity contribution is 9.10. The predicted molar refractivity (Wildman–Crippen MR) is 88.3 cm³/mol. The average Bonchev–Trinajstić information content (AvgIpc) is 2.41. The summed E-state index contributed by atoms with van der Waals surface area (Å²) < 4.78 is 14.3. The lowest BCUT2D eigenvalue weighted by atomic mass is 10.1. The van der Waals surface area contributed by atoms with Crippen LogP contribution in [0.1, 0.15) is 11.1 Å². The smallest absolute Gasteiger partial charge is 0.171 e. The molecule has 0 aromatic heterocycles. The molecule has 104 valence electrons. The third-order valence-corrected chi connectivity index (χ3v) is 3.49. The number of hydrogen-bond acceptors (Lipinski definition) is 1. The van der Waals surface area contributed by atoms with E-state index >= 15 is 0 Å². The SMILES string of the molecule is Cc1ccc(CNC(=S)Nc2ccc(Br)cc2F)cc1. The molecular formula is C15H14BrFN2S. The number of hydrogen-bond donors (Lipinski definition) is 2.